The van der Waals surface area contributed by atoms with Crippen LogP contribution in [0.2, 0.25) is 0 Å². The van der Waals surface area contributed by atoms with Gasteiger partial charge in [0, 0.05) is 17.2 Å². The van der Waals surface area contributed by atoms with Crippen molar-refractivity contribution in [3.63, 3.8) is 0 Å². The summed E-state index contributed by atoms with van der Waals surface area (Å²) >= 11 is 0. The van der Waals surface area contributed by atoms with Gasteiger partial charge in [-0.3, -0.25) is 4.79 Å². The summed E-state index contributed by atoms with van der Waals surface area (Å²) in [4.78, 5) is 25.5. The Kier molecular flexibility index (Phi) is 6.46. The summed E-state index contributed by atoms with van der Waals surface area (Å²) in [5, 5.41) is 7.40. The van der Waals surface area contributed by atoms with Crippen LogP contribution < -0.4 is 5.32 Å². The number of aromatic nitrogens is 2. The SMILES string of the molecule is CCOC(=O)[C@H](NC(=O)[C@@H]1CC=CCC1)c1c(C)nn(-c2ccc(F)cc2)c1C. The van der Waals surface area contributed by atoms with Crippen molar-refractivity contribution in [2.45, 2.75) is 46.1 Å². The van der Waals surface area contributed by atoms with Gasteiger partial charge >= 0.3 is 5.97 Å². The number of carbonyl (C=O) groups excluding carboxylic acids is 2. The van der Waals surface area contributed by atoms with Crippen LogP contribution in [0.15, 0.2) is 36.4 Å². The number of aryl methyl sites for hydroxylation is 1. The molecule has 0 aliphatic heterocycles. The van der Waals surface area contributed by atoms with Crippen molar-refractivity contribution in [1.29, 1.82) is 0 Å². The molecule has 1 amide bonds. The number of hydrogen-bond acceptors (Lipinski definition) is 4. The van der Waals surface area contributed by atoms with E-state index in [4.69, 9.17) is 4.74 Å². The summed E-state index contributed by atoms with van der Waals surface area (Å²) in [6, 6.07) is 5.00. The van der Waals surface area contributed by atoms with Gasteiger partial charge in [0.15, 0.2) is 6.04 Å². The van der Waals surface area contributed by atoms with E-state index >= 15 is 0 Å². The minimum atomic E-state index is -0.942. The van der Waals surface area contributed by atoms with Crippen molar-refractivity contribution in [3.8, 4) is 5.69 Å². The van der Waals surface area contributed by atoms with Crippen LogP contribution in [0.25, 0.3) is 5.69 Å². The molecular formula is C22H26FN3O3. The smallest absolute Gasteiger partial charge is 0.333 e. The van der Waals surface area contributed by atoms with E-state index in [1.54, 1.807) is 30.7 Å². The maximum absolute atomic E-state index is 13.3. The summed E-state index contributed by atoms with van der Waals surface area (Å²) in [6.07, 6.45) is 6.32. The van der Waals surface area contributed by atoms with Crippen LogP contribution >= 0.6 is 0 Å². The van der Waals surface area contributed by atoms with Gasteiger partial charge in [-0.25, -0.2) is 13.9 Å². The lowest BCUT2D eigenvalue weighted by molar-refractivity contribution is -0.148. The molecule has 6 nitrogen and oxygen atoms in total. The summed E-state index contributed by atoms with van der Waals surface area (Å²) < 4.78 is 20.2. The molecule has 0 fully saturated rings. The van der Waals surface area contributed by atoms with Crippen LogP contribution in [0.4, 0.5) is 4.39 Å². The van der Waals surface area contributed by atoms with Crippen LogP contribution in [-0.2, 0) is 14.3 Å². The number of nitrogens with zero attached hydrogens (tertiary/aromatic N) is 2. The highest BCUT2D eigenvalue weighted by molar-refractivity contribution is 5.87. The first-order valence-electron chi connectivity index (χ1n) is 9.86. The summed E-state index contributed by atoms with van der Waals surface area (Å²) in [6.45, 7) is 5.54. The highest BCUT2D eigenvalue weighted by atomic mass is 19.1. The minimum absolute atomic E-state index is 0.162. The van der Waals surface area contributed by atoms with Gasteiger partial charge in [0.05, 0.1) is 18.0 Å². The molecule has 1 N–H and O–H groups in total. The number of benzene rings is 1. The first kappa shape index (κ1) is 20.8. The molecule has 2 aromatic rings. The van der Waals surface area contributed by atoms with E-state index in [1.165, 1.54) is 12.1 Å². The molecule has 0 spiro atoms. The maximum atomic E-state index is 13.3. The van der Waals surface area contributed by atoms with Crippen LogP contribution in [0.1, 0.15) is 49.2 Å². The zero-order valence-electron chi connectivity index (χ0n) is 16.9. The molecular weight excluding hydrogens is 373 g/mol. The monoisotopic (exact) mass is 399 g/mol. The van der Waals surface area contributed by atoms with Crippen molar-refractivity contribution in [3.05, 3.63) is 59.2 Å². The Morgan fingerprint density at radius 2 is 2.00 bits per heavy atom. The van der Waals surface area contributed by atoms with Gasteiger partial charge in [0.1, 0.15) is 5.82 Å². The van der Waals surface area contributed by atoms with Crippen molar-refractivity contribution in [2.24, 2.45) is 5.92 Å². The van der Waals surface area contributed by atoms with Crippen LogP contribution in [-0.4, -0.2) is 28.3 Å². The normalized spacial score (nSPS) is 17.0. The predicted molar refractivity (Wildman–Crippen MR) is 107 cm³/mol. The van der Waals surface area contributed by atoms with Crippen LogP contribution in [0, 0.1) is 25.6 Å². The summed E-state index contributed by atoms with van der Waals surface area (Å²) in [5.41, 5.74) is 2.57. The van der Waals surface area contributed by atoms with Gasteiger partial charge in [0.2, 0.25) is 5.91 Å². The second kappa shape index (κ2) is 9.03. The summed E-state index contributed by atoms with van der Waals surface area (Å²) in [5.74, 6) is -1.18. The van der Waals surface area contributed by atoms with Crippen molar-refractivity contribution in [2.75, 3.05) is 6.61 Å². The molecule has 1 heterocycles. The molecule has 0 bridgehead atoms. The number of esters is 1. The molecule has 1 aliphatic carbocycles. The van der Waals surface area contributed by atoms with E-state index in [2.05, 4.69) is 16.5 Å². The Bertz CT molecular complexity index is 918. The molecule has 0 saturated carbocycles. The Balaban J connectivity index is 1.95. The molecule has 2 atom stereocenters. The van der Waals surface area contributed by atoms with E-state index in [1.807, 2.05) is 13.0 Å². The number of ether oxygens (including phenoxy) is 1. The number of hydrogen-bond donors (Lipinski definition) is 1. The lowest BCUT2D eigenvalue weighted by Gasteiger charge is -2.22. The van der Waals surface area contributed by atoms with Crippen molar-refractivity contribution in [1.82, 2.24) is 15.1 Å². The minimum Gasteiger partial charge on any atom is -0.464 e. The van der Waals surface area contributed by atoms with Crippen molar-refractivity contribution >= 4 is 11.9 Å². The number of carbonyl (C=O) groups is 2. The fourth-order valence-electron chi connectivity index (χ4n) is 3.67. The van der Waals surface area contributed by atoms with Gasteiger partial charge in [-0.1, -0.05) is 12.2 Å². The van der Waals surface area contributed by atoms with Gasteiger partial charge in [-0.15, -0.1) is 0 Å². The largest absolute Gasteiger partial charge is 0.464 e. The van der Waals surface area contributed by atoms with Gasteiger partial charge in [0.25, 0.3) is 0 Å². The van der Waals surface area contributed by atoms with Gasteiger partial charge in [-0.05, 0) is 64.3 Å². The van der Waals surface area contributed by atoms with Crippen LogP contribution in [0.5, 0.6) is 0 Å². The fraction of sp³-hybridized carbons (Fsp3) is 0.409. The topological polar surface area (TPSA) is 73.2 Å². The summed E-state index contributed by atoms with van der Waals surface area (Å²) in [7, 11) is 0. The van der Waals surface area contributed by atoms with Gasteiger partial charge in [-0.2, -0.15) is 5.10 Å². The number of halogens is 1. The Morgan fingerprint density at radius 1 is 1.28 bits per heavy atom. The molecule has 154 valence electrons. The molecule has 7 heteroatoms. The fourth-order valence-corrected chi connectivity index (χ4v) is 3.67. The average molecular weight is 399 g/mol. The number of amides is 1. The molecule has 0 saturated heterocycles. The van der Waals surface area contributed by atoms with Crippen LogP contribution in [0.3, 0.4) is 0 Å². The van der Waals surface area contributed by atoms with E-state index in [0.29, 0.717) is 29.1 Å². The van der Waals surface area contributed by atoms with Crippen molar-refractivity contribution < 1.29 is 18.7 Å². The third-order valence-electron chi connectivity index (χ3n) is 5.16. The molecule has 0 unspecified atom stereocenters. The zero-order chi connectivity index (χ0) is 21.0. The molecule has 0 radical (unpaired) electrons. The quantitative estimate of drug-likeness (QED) is 0.594. The molecule has 29 heavy (non-hydrogen) atoms. The van der Waals surface area contributed by atoms with E-state index < -0.39 is 12.0 Å². The highest BCUT2D eigenvalue weighted by Crippen LogP contribution is 2.27. The second-order valence-corrected chi connectivity index (χ2v) is 7.15. The van der Waals surface area contributed by atoms with E-state index in [0.717, 1.165) is 12.8 Å². The lowest BCUT2D eigenvalue weighted by atomic mass is 9.93. The molecule has 3 rings (SSSR count). The second-order valence-electron chi connectivity index (χ2n) is 7.15. The third-order valence-corrected chi connectivity index (χ3v) is 5.16. The average Bonchev–Trinajstić information content (AvgIpc) is 3.01. The molecule has 1 aromatic carbocycles. The molecule has 1 aromatic heterocycles. The predicted octanol–water partition coefficient (Wildman–Crippen LogP) is 3.70. The highest BCUT2D eigenvalue weighted by Gasteiger charge is 2.32. The Labute approximate surface area is 169 Å². The Hall–Kier alpha value is -2.96. The Morgan fingerprint density at radius 3 is 2.62 bits per heavy atom. The van der Waals surface area contributed by atoms with E-state index in [9.17, 15) is 14.0 Å². The lowest BCUT2D eigenvalue weighted by Crippen LogP contribution is -2.39. The first-order valence-corrected chi connectivity index (χ1v) is 9.86. The van der Waals surface area contributed by atoms with Gasteiger partial charge < -0.3 is 10.1 Å². The third kappa shape index (κ3) is 4.55. The van der Waals surface area contributed by atoms with E-state index in [-0.39, 0.29) is 24.2 Å². The zero-order valence-corrected chi connectivity index (χ0v) is 16.9. The maximum Gasteiger partial charge on any atom is 0.333 e. The first-order chi connectivity index (χ1) is 13.9. The number of allylic oxidation sites excluding steroid dienone is 2. The standard InChI is InChI=1S/C22H26FN3O3/c1-4-29-22(28)20(24-21(27)16-8-6-5-7-9-16)19-14(2)25-26(15(19)3)18-12-10-17(23)11-13-18/h5-6,10-13,16,20H,4,7-9H2,1-3H3,(H,24,27)/t16-,20-/m1/s1. The number of rotatable bonds is 6. The molecule has 1 aliphatic rings. The number of nitrogens with one attached hydrogen (secondary N) is 1.